The number of carbonyl (C=O) groups excluding carboxylic acids is 1. The zero-order valence-electron chi connectivity index (χ0n) is 17.5. The number of halogens is 3. The highest BCUT2D eigenvalue weighted by atomic mass is 19.4. The first-order valence-corrected chi connectivity index (χ1v) is 10.6. The third-order valence-electron chi connectivity index (χ3n) is 6.01. The molecule has 2 heterocycles. The quantitative estimate of drug-likeness (QED) is 0.711. The highest BCUT2D eigenvalue weighted by Crippen LogP contribution is 2.35. The van der Waals surface area contributed by atoms with Crippen LogP contribution in [-0.4, -0.2) is 60.4 Å². The molecular formula is C22H26F3N3O4. The van der Waals surface area contributed by atoms with E-state index in [1.165, 1.54) is 5.56 Å². The number of nitrogens with zero attached hydrogens (tertiary/aromatic N) is 2. The molecule has 1 amide bonds. The Hall–Kier alpha value is -2.64. The lowest BCUT2D eigenvalue weighted by molar-refractivity contribution is -0.192. The van der Waals surface area contributed by atoms with E-state index in [1.807, 2.05) is 18.2 Å². The van der Waals surface area contributed by atoms with Crippen LogP contribution in [0.4, 0.5) is 13.2 Å². The van der Waals surface area contributed by atoms with E-state index in [1.54, 1.807) is 0 Å². The molecule has 0 radical (unpaired) electrons. The molecule has 174 valence electrons. The minimum Gasteiger partial charge on any atom is -0.475 e. The Balaban J connectivity index is 0.000000360. The van der Waals surface area contributed by atoms with Crippen molar-refractivity contribution in [1.29, 1.82) is 5.26 Å². The SMILES string of the molecule is N#Cc1cccc(CN2CC[C@@H]3[C@@H](CO[C@H]3CNC(=O)C3CC3)C2)c1.O=C(O)C(F)(F)F. The monoisotopic (exact) mass is 453 g/mol. The molecule has 3 aliphatic rings. The second-order valence-corrected chi connectivity index (χ2v) is 8.45. The normalized spacial score (nSPS) is 25.1. The molecule has 32 heavy (non-hydrogen) atoms. The van der Waals surface area contributed by atoms with Gasteiger partial charge in [-0.1, -0.05) is 12.1 Å². The van der Waals surface area contributed by atoms with Crippen LogP contribution in [0.3, 0.4) is 0 Å². The molecular weight excluding hydrogens is 427 g/mol. The van der Waals surface area contributed by atoms with E-state index in [4.69, 9.17) is 19.9 Å². The topological polar surface area (TPSA) is 103 Å². The number of aliphatic carboxylic acids is 1. The molecule has 0 aromatic heterocycles. The maximum Gasteiger partial charge on any atom is 0.490 e. The van der Waals surface area contributed by atoms with Crippen molar-refractivity contribution in [3.05, 3.63) is 35.4 Å². The second-order valence-electron chi connectivity index (χ2n) is 8.45. The van der Waals surface area contributed by atoms with E-state index in [9.17, 15) is 18.0 Å². The number of nitriles is 1. The van der Waals surface area contributed by atoms with Crippen molar-refractivity contribution in [3.8, 4) is 6.07 Å². The molecule has 3 fully saturated rings. The number of benzene rings is 1. The maximum atomic E-state index is 11.8. The van der Waals surface area contributed by atoms with Crippen LogP contribution >= 0.6 is 0 Å². The Kier molecular flexibility index (Phi) is 7.74. The molecule has 3 atom stereocenters. The molecule has 1 aliphatic carbocycles. The summed E-state index contributed by atoms with van der Waals surface area (Å²) >= 11 is 0. The maximum absolute atomic E-state index is 11.8. The van der Waals surface area contributed by atoms with Gasteiger partial charge in [0.2, 0.25) is 5.91 Å². The van der Waals surface area contributed by atoms with E-state index >= 15 is 0 Å². The van der Waals surface area contributed by atoms with Crippen LogP contribution in [0.25, 0.3) is 0 Å². The average molecular weight is 453 g/mol. The zero-order chi connectivity index (χ0) is 23.3. The van der Waals surface area contributed by atoms with Gasteiger partial charge in [-0.05, 0) is 49.4 Å². The summed E-state index contributed by atoms with van der Waals surface area (Å²) in [4.78, 5) is 23.2. The number of hydrogen-bond acceptors (Lipinski definition) is 5. The Morgan fingerprint density at radius 2 is 2.00 bits per heavy atom. The van der Waals surface area contributed by atoms with Gasteiger partial charge in [0.1, 0.15) is 0 Å². The van der Waals surface area contributed by atoms with Gasteiger partial charge in [-0.2, -0.15) is 18.4 Å². The van der Waals surface area contributed by atoms with E-state index in [-0.39, 0.29) is 17.9 Å². The number of piperidine rings is 1. The zero-order valence-corrected chi connectivity index (χ0v) is 17.5. The number of carboxylic acids is 1. The van der Waals surface area contributed by atoms with E-state index in [0.29, 0.717) is 18.4 Å². The van der Waals surface area contributed by atoms with Gasteiger partial charge in [0.25, 0.3) is 0 Å². The van der Waals surface area contributed by atoms with Crippen molar-refractivity contribution in [2.24, 2.45) is 17.8 Å². The lowest BCUT2D eigenvalue weighted by Gasteiger charge is -2.35. The largest absolute Gasteiger partial charge is 0.490 e. The van der Waals surface area contributed by atoms with Crippen molar-refractivity contribution in [3.63, 3.8) is 0 Å². The number of rotatable bonds is 5. The molecule has 1 aromatic rings. The van der Waals surface area contributed by atoms with Crippen LogP contribution in [0, 0.1) is 29.1 Å². The van der Waals surface area contributed by atoms with Crippen LogP contribution in [0.1, 0.15) is 30.4 Å². The summed E-state index contributed by atoms with van der Waals surface area (Å²) in [5.74, 6) is -1.17. The second kappa shape index (κ2) is 10.3. The Morgan fingerprint density at radius 3 is 2.62 bits per heavy atom. The Bertz CT molecular complexity index is 867. The average Bonchev–Trinajstić information content (AvgIpc) is 3.53. The van der Waals surface area contributed by atoms with Crippen LogP contribution in [0.5, 0.6) is 0 Å². The number of fused-ring (bicyclic) bond motifs is 1. The lowest BCUT2D eigenvalue weighted by atomic mass is 9.84. The standard InChI is InChI=1S/C20H25N3O2.C2HF3O2/c21-9-14-2-1-3-15(8-14)11-23-7-6-18-17(12-23)13-25-19(18)10-22-20(24)16-4-5-16;3-2(4,5)1(6)7/h1-3,8,16-19H,4-7,10-13H2,(H,22,24);(H,6,7)/t17-,18-,19+;/m1./s1. The summed E-state index contributed by atoms with van der Waals surface area (Å²) in [6, 6.07) is 10.1. The number of hydrogen-bond donors (Lipinski definition) is 2. The molecule has 1 saturated carbocycles. The van der Waals surface area contributed by atoms with Crippen molar-refractivity contribution in [2.75, 3.05) is 26.2 Å². The fourth-order valence-corrected chi connectivity index (χ4v) is 4.20. The van der Waals surface area contributed by atoms with E-state index < -0.39 is 12.1 Å². The molecule has 4 rings (SSSR count). The van der Waals surface area contributed by atoms with Gasteiger partial charge in [0.05, 0.1) is 24.3 Å². The number of nitrogens with one attached hydrogen (secondary N) is 1. The molecule has 7 nitrogen and oxygen atoms in total. The fraction of sp³-hybridized carbons (Fsp3) is 0.591. The van der Waals surface area contributed by atoms with E-state index in [2.05, 4.69) is 22.4 Å². The van der Waals surface area contributed by atoms with Gasteiger partial charge in [-0.3, -0.25) is 9.69 Å². The first-order valence-electron chi connectivity index (χ1n) is 10.6. The molecule has 0 spiro atoms. The van der Waals surface area contributed by atoms with E-state index in [0.717, 1.165) is 51.1 Å². The van der Waals surface area contributed by atoms with Crippen LogP contribution in [0.2, 0.25) is 0 Å². The number of amides is 1. The summed E-state index contributed by atoms with van der Waals surface area (Å²) in [5, 5.41) is 19.2. The molecule has 2 saturated heterocycles. The van der Waals surface area contributed by atoms with Crippen LogP contribution in [-0.2, 0) is 20.9 Å². The van der Waals surface area contributed by atoms with Crippen LogP contribution < -0.4 is 5.32 Å². The minimum absolute atomic E-state index is 0.178. The van der Waals surface area contributed by atoms with Crippen molar-refractivity contribution < 1.29 is 32.6 Å². The van der Waals surface area contributed by atoms with Gasteiger partial charge in [-0.25, -0.2) is 4.79 Å². The molecule has 0 unspecified atom stereocenters. The number of carboxylic acid groups (broad SMARTS) is 1. The summed E-state index contributed by atoms with van der Waals surface area (Å²) in [5.41, 5.74) is 1.92. The third kappa shape index (κ3) is 6.68. The number of carbonyl (C=O) groups is 2. The van der Waals surface area contributed by atoms with Gasteiger partial charge in [0, 0.05) is 31.5 Å². The highest BCUT2D eigenvalue weighted by molar-refractivity contribution is 5.80. The number of ether oxygens (including phenoxy) is 1. The van der Waals surface area contributed by atoms with Crippen molar-refractivity contribution in [1.82, 2.24) is 10.2 Å². The highest BCUT2D eigenvalue weighted by Gasteiger charge is 2.41. The Labute approximate surface area is 184 Å². The number of alkyl halides is 3. The Morgan fingerprint density at radius 1 is 1.28 bits per heavy atom. The fourth-order valence-electron chi connectivity index (χ4n) is 4.20. The summed E-state index contributed by atoms with van der Waals surface area (Å²) in [7, 11) is 0. The summed E-state index contributed by atoms with van der Waals surface area (Å²) < 4.78 is 37.7. The van der Waals surface area contributed by atoms with Gasteiger partial charge < -0.3 is 15.2 Å². The predicted octanol–water partition coefficient (Wildman–Crippen LogP) is 2.55. The van der Waals surface area contributed by atoms with Gasteiger partial charge in [-0.15, -0.1) is 0 Å². The van der Waals surface area contributed by atoms with Crippen molar-refractivity contribution >= 4 is 11.9 Å². The first-order chi connectivity index (χ1) is 15.2. The minimum atomic E-state index is -5.08. The lowest BCUT2D eigenvalue weighted by Crippen LogP contribution is -2.43. The molecule has 1 aromatic carbocycles. The van der Waals surface area contributed by atoms with Gasteiger partial charge >= 0.3 is 12.1 Å². The first kappa shape index (κ1) is 24.0. The number of likely N-dealkylation sites (tertiary alicyclic amines) is 1. The smallest absolute Gasteiger partial charge is 0.475 e. The summed E-state index contributed by atoms with van der Waals surface area (Å²) in [6.07, 6.45) is -1.69. The molecule has 2 N–H and O–H groups in total. The molecule has 2 aliphatic heterocycles. The van der Waals surface area contributed by atoms with Gasteiger partial charge in [0.15, 0.2) is 0 Å². The third-order valence-corrected chi connectivity index (χ3v) is 6.01. The molecule has 10 heteroatoms. The van der Waals surface area contributed by atoms with Crippen LogP contribution in [0.15, 0.2) is 24.3 Å². The predicted molar refractivity (Wildman–Crippen MR) is 107 cm³/mol. The van der Waals surface area contributed by atoms with Crippen molar-refractivity contribution in [2.45, 2.75) is 38.1 Å². The summed E-state index contributed by atoms with van der Waals surface area (Å²) in [6.45, 7) is 4.44. The molecule has 0 bridgehead atoms.